The zero-order chi connectivity index (χ0) is 19.6. The molecule has 2 N–H and O–H groups in total. The van der Waals surface area contributed by atoms with E-state index in [9.17, 15) is 9.59 Å². The molecule has 1 heterocycles. The molecule has 3 rings (SSSR count). The average molecular weight is 366 g/mol. The molecule has 0 fully saturated rings. The zero-order valence-electron chi connectivity index (χ0n) is 15.8. The van der Waals surface area contributed by atoms with Crippen LogP contribution in [0.5, 0.6) is 0 Å². The van der Waals surface area contributed by atoms with Crippen LogP contribution in [0.3, 0.4) is 0 Å². The molecular weight excluding hydrogens is 344 g/mol. The molecular formula is C21H22N2O4. The number of nitrogens with one attached hydrogen (secondary N) is 2. The Hall–Kier alpha value is -3.12. The molecule has 3 aromatic rings. The third-order valence-corrected chi connectivity index (χ3v) is 4.33. The number of fused-ring (bicyclic) bond motifs is 1. The van der Waals surface area contributed by atoms with Crippen LogP contribution < -0.4 is 10.6 Å². The Morgan fingerprint density at radius 3 is 2.52 bits per heavy atom. The summed E-state index contributed by atoms with van der Waals surface area (Å²) in [6.45, 7) is 5.69. The van der Waals surface area contributed by atoms with Crippen LogP contribution in [-0.2, 0) is 9.53 Å². The second kappa shape index (κ2) is 7.63. The highest BCUT2D eigenvalue weighted by molar-refractivity contribution is 6.06. The van der Waals surface area contributed by atoms with Crippen LogP contribution in [0.25, 0.3) is 11.0 Å². The number of anilines is 2. The predicted octanol–water partition coefficient (Wildman–Crippen LogP) is 4.20. The van der Waals surface area contributed by atoms with Crippen LogP contribution in [0.4, 0.5) is 11.4 Å². The van der Waals surface area contributed by atoms with E-state index in [-0.39, 0.29) is 18.4 Å². The number of hydrogen-bond donors (Lipinski definition) is 2. The van der Waals surface area contributed by atoms with Crippen molar-refractivity contribution in [3.8, 4) is 0 Å². The molecule has 6 heteroatoms. The van der Waals surface area contributed by atoms with E-state index in [0.29, 0.717) is 22.7 Å². The standard InChI is InChI=1S/C21H22N2O4/c1-12-5-7-16-14(3)20(27-18(16)9-12)21(25)22-15-6-8-17(13(2)10-15)23-19(24)11-26-4/h5-10H,11H2,1-4H3,(H,22,25)(H,23,24). The van der Waals surface area contributed by atoms with Crippen molar-refractivity contribution in [2.24, 2.45) is 0 Å². The lowest BCUT2D eigenvalue weighted by Crippen LogP contribution is -2.18. The van der Waals surface area contributed by atoms with Crippen LogP contribution in [0.15, 0.2) is 40.8 Å². The van der Waals surface area contributed by atoms with Crippen LogP contribution in [-0.4, -0.2) is 25.5 Å². The summed E-state index contributed by atoms with van der Waals surface area (Å²) in [6, 6.07) is 11.1. The van der Waals surface area contributed by atoms with E-state index in [4.69, 9.17) is 9.15 Å². The van der Waals surface area contributed by atoms with Gasteiger partial charge >= 0.3 is 0 Å². The normalized spacial score (nSPS) is 10.8. The van der Waals surface area contributed by atoms with Crippen molar-refractivity contribution in [2.45, 2.75) is 20.8 Å². The molecule has 1 aromatic heterocycles. The number of carbonyl (C=O) groups is 2. The van der Waals surface area contributed by atoms with E-state index in [2.05, 4.69) is 10.6 Å². The van der Waals surface area contributed by atoms with E-state index < -0.39 is 0 Å². The lowest BCUT2D eigenvalue weighted by molar-refractivity contribution is -0.119. The molecule has 0 radical (unpaired) electrons. The van der Waals surface area contributed by atoms with Gasteiger partial charge in [0.2, 0.25) is 5.91 Å². The zero-order valence-corrected chi connectivity index (χ0v) is 15.8. The molecule has 27 heavy (non-hydrogen) atoms. The van der Waals surface area contributed by atoms with Crippen molar-refractivity contribution in [1.29, 1.82) is 0 Å². The number of hydrogen-bond acceptors (Lipinski definition) is 4. The number of furan rings is 1. The first-order valence-electron chi connectivity index (χ1n) is 8.59. The summed E-state index contributed by atoms with van der Waals surface area (Å²) in [7, 11) is 1.46. The Bertz CT molecular complexity index is 1020. The van der Waals surface area contributed by atoms with Crippen molar-refractivity contribution in [2.75, 3.05) is 24.4 Å². The van der Waals surface area contributed by atoms with E-state index >= 15 is 0 Å². The van der Waals surface area contributed by atoms with Gasteiger partial charge in [-0.15, -0.1) is 0 Å². The van der Waals surface area contributed by atoms with Crippen molar-refractivity contribution < 1.29 is 18.7 Å². The van der Waals surface area contributed by atoms with Gasteiger partial charge in [-0.25, -0.2) is 0 Å². The van der Waals surface area contributed by atoms with Gasteiger partial charge in [0.25, 0.3) is 5.91 Å². The second-order valence-corrected chi connectivity index (χ2v) is 6.52. The van der Waals surface area contributed by atoms with E-state index in [0.717, 1.165) is 22.1 Å². The minimum Gasteiger partial charge on any atom is -0.451 e. The number of amides is 2. The fraction of sp³-hybridized carbons (Fsp3) is 0.238. The Balaban J connectivity index is 1.79. The van der Waals surface area contributed by atoms with E-state index in [1.165, 1.54) is 7.11 Å². The van der Waals surface area contributed by atoms with Gasteiger partial charge in [0.15, 0.2) is 5.76 Å². The highest BCUT2D eigenvalue weighted by atomic mass is 16.5. The summed E-state index contributed by atoms with van der Waals surface area (Å²) < 4.78 is 10.6. The van der Waals surface area contributed by atoms with Crippen LogP contribution >= 0.6 is 0 Å². The van der Waals surface area contributed by atoms with Gasteiger partial charge in [-0.2, -0.15) is 0 Å². The summed E-state index contributed by atoms with van der Waals surface area (Å²) in [5, 5.41) is 6.54. The average Bonchev–Trinajstić information content (AvgIpc) is 2.93. The summed E-state index contributed by atoms with van der Waals surface area (Å²) in [5.41, 5.74) is 4.70. The minimum atomic E-state index is -0.308. The van der Waals surface area contributed by atoms with Gasteiger partial charge in [0, 0.05) is 29.4 Å². The number of benzene rings is 2. The topological polar surface area (TPSA) is 80.6 Å². The first kappa shape index (κ1) is 18.7. The number of methoxy groups -OCH3 is 1. The molecule has 0 saturated carbocycles. The largest absolute Gasteiger partial charge is 0.451 e. The van der Waals surface area contributed by atoms with Gasteiger partial charge < -0.3 is 19.8 Å². The molecule has 2 amide bonds. The second-order valence-electron chi connectivity index (χ2n) is 6.52. The van der Waals surface area contributed by atoms with Gasteiger partial charge in [0.1, 0.15) is 12.2 Å². The summed E-state index contributed by atoms with van der Waals surface area (Å²) >= 11 is 0. The van der Waals surface area contributed by atoms with Crippen LogP contribution in [0.2, 0.25) is 0 Å². The third kappa shape index (κ3) is 4.01. The monoisotopic (exact) mass is 366 g/mol. The molecule has 0 unspecified atom stereocenters. The smallest absolute Gasteiger partial charge is 0.291 e. The summed E-state index contributed by atoms with van der Waals surface area (Å²) in [6.07, 6.45) is 0. The fourth-order valence-corrected chi connectivity index (χ4v) is 2.94. The van der Waals surface area contributed by atoms with Gasteiger partial charge in [-0.1, -0.05) is 12.1 Å². The molecule has 2 aromatic carbocycles. The number of ether oxygens (including phenoxy) is 1. The van der Waals surface area contributed by atoms with E-state index in [1.807, 2.05) is 39.0 Å². The number of aryl methyl sites for hydroxylation is 3. The predicted molar refractivity (Wildman–Crippen MR) is 105 cm³/mol. The maximum Gasteiger partial charge on any atom is 0.291 e. The number of carbonyl (C=O) groups excluding carboxylic acids is 2. The number of rotatable bonds is 5. The van der Waals surface area contributed by atoms with Crippen LogP contribution in [0, 0.1) is 20.8 Å². The molecule has 6 nitrogen and oxygen atoms in total. The molecule has 0 aliphatic rings. The van der Waals surface area contributed by atoms with Crippen molar-refractivity contribution in [1.82, 2.24) is 0 Å². The maximum absolute atomic E-state index is 12.7. The Morgan fingerprint density at radius 1 is 1.04 bits per heavy atom. The SMILES string of the molecule is COCC(=O)Nc1ccc(NC(=O)c2oc3cc(C)ccc3c2C)cc1C. The lowest BCUT2D eigenvalue weighted by atomic mass is 10.1. The molecule has 0 saturated heterocycles. The molecule has 140 valence electrons. The molecule has 0 bridgehead atoms. The van der Waals surface area contributed by atoms with Crippen molar-refractivity contribution >= 4 is 34.2 Å². The van der Waals surface area contributed by atoms with Crippen molar-refractivity contribution in [3.63, 3.8) is 0 Å². The van der Waals surface area contributed by atoms with Crippen molar-refractivity contribution in [3.05, 3.63) is 58.8 Å². The van der Waals surface area contributed by atoms with Crippen LogP contribution in [0.1, 0.15) is 27.2 Å². The first-order valence-corrected chi connectivity index (χ1v) is 8.59. The Morgan fingerprint density at radius 2 is 1.81 bits per heavy atom. The first-order chi connectivity index (χ1) is 12.9. The molecule has 0 spiro atoms. The fourth-order valence-electron chi connectivity index (χ4n) is 2.94. The highest BCUT2D eigenvalue weighted by Gasteiger charge is 2.18. The Labute approximate surface area is 157 Å². The molecule has 0 aliphatic carbocycles. The van der Waals surface area contributed by atoms with Gasteiger partial charge in [-0.3, -0.25) is 9.59 Å². The quantitative estimate of drug-likeness (QED) is 0.709. The van der Waals surface area contributed by atoms with E-state index in [1.54, 1.807) is 18.2 Å². The third-order valence-electron chi connectivity index (χ3n) is 4.33. The molecule has 0 aliphatic heterocycles. The minimum absolute atomic E-state index is 0.0112. The highest BCUT2D eigenvalue weighted by Crippen LogP contribution is 2.27. The molecule has 0 atom stereocenters. The maximum atomic E-state index is 12.7. The van der Waals surface area contributed by atoms with Gasteiger partial charge in [-0.05, 0) is 56.2 Å². The van der Waals surface area contributed by atoms with Gasteiger partial charge in [0.05, 0.1) is 0 Å². The summed E-state index contributed by atoms with van der Waals surface area (Å²) in [5.74, 6) is -0.242. The Kier molecular flexibility index (Phi) is 5.28. The lowest BCUT2D eigenvalue weighted by Gasteiger charge is -2.10. The summed E-state index contributed by atoms with van der Waals surface area (Å²) in [4.78, 5) is 24.3.